The molecule has 0 heterocycles. The number of nitrogens with zero attached hydrogens (tertiary/aromatic N) is 1. The Kier molecular flexibility index (Phi) is 23.5. The van der Waals surface area contributed by atoms with Gasteiger partial charge in [-0.25, -0.2) is 4.79 Å². The minimum absolute atomic E-state index is 0.0254. The molecule has 0 aliphatic rings. The Morgan fingerprint density at radius 3 is 1.78 bits per heavy atom. The van der Waals surface area contributed by atoms with Crippen LogP contribution in [0.5, 0.6) is 0 Å². The van der Waals surface area contributed by atoms with E-state index in [1.54, 1.807) is 13.8 Å². The Labute approximate surface area is 317 Å². The van der Waals surface area contributed by atoms with Gasteiger partial charge in [-0.05, 0) is 51.0 Å². The first-order chi connectivity index (χ1) is 25.7. The number of hydrogen-bond acceptors (Lipinski definition) is 13. The molecule has 0 saturated carbocycles. The highest BCUT2D eigenvalue weighted by Crippen LogP contribution is 2.08. The lowest BCUT2D eigenvalue weighted by Crippen LogP contribution is -2.60. The molecule has 20 N–H and O–H groups in total. The number of aliphatic hydroxyl groups is 1. The summed E-state index contributed by atoms with van der Waals surface area (Å²) in [4.78, 5) is 116. The van der Waals surface area contributed by atoms with E-state index in [1.807, 2.05) is 0 Å². The number of guanidine groups is 1. The minimum atomic E-state index is -1.65. The Balaban J connectivity index is 5.78. The van der Waals surface area contributed by atoms with Crippen molar-refractivity contribution in [3.63, 3.8) is 0 Å². The number of nitrogens with one attached hydrogen (secondary N) is 6. The second kappa shape index (κ2) is 26.2. The predicted molar refractivity (Wildman–Crippen MR) is 195 cm³/mol. The molecule has 0 aliphatic heterocycles. The second-order valence-corrected chi connectivity index (χ2v) is 12.8. The number of rotatable bonds is 28. The molecule has 0 spiro atoms. The maximum Gasteiger partial charge on any atom is 0.326 e. The van der Waals surface area contributed by atoms with Gasteiger partial charge < -0.3 is 76.5 Å². The van der Waals surface area contributed by atoms with E-state index >= 15 is 0 Å². The Morgan fingerprint density at radius 1 is 0.655 bits per heavy atom. The van der Waals surface area contributed by atoms with Crippen molar-refractivity contribution < 1.29 is 53.4 Å². The van der Waals surface area contributed by atoms with Gasteiger partial charge in [-0.2, -0.15) is 0 Å². The van der Waals surface area contributed by atoms with Crippen LogP contribution >= 0.6 is 0 Å². The van der Waals surface area contributed by atoms with Crippen molar-refractivity contribution in [1.82, 2.24) is 31.9 Å². The van der Waals surface area contributed by atoms with E-state index in [9.17, 15) is 53.4 Å². The number of aliphatic imine (C=N–C) groups is 1. The van der Waals surface area contributed by atoms with E-state index in [-0.39, 0.29) is 44.7 Å². The molecule has 0 aromatic carbocycles. The monoisotopic (exact) mass is 787 g/mol. The quantitative estimate of drug-likeness (QED) is 0.0199. The molecule has 0 rings (SSSR count). The zero-order valence-electron chi connectivity index (χ0n) is 31.0. The van der Waals surface area contributed by atoms with Gasteiger partial charge in [-0.15, -0.1) is 0 Å². The molecule has 0 aromatic heterocycles. The molecule has 0 fully saturated rings. The lowest BCUT2D eigenvalue weighted by atomic mass is 10.0. The summed E-state index contributed by atoms with van der Waals surface area (Å²) in [5, 5.41) is 33.0. The Bertz CT molecular complexity index is 1380. The highest BCUT2D eigenvalue weighted by Gasteiger charge is 2.33. The first kappa shape index (κ1) is 49.4. The van der Waals surface area contributed by atoms with Gasteiger partial charge in [-0.1, -0.05) is 13.8 Å². The number of carbonyl (C=O) groups is 9. The summed E-state index contributed by atoms with van der Waals surface area (Å²) in [6, 6.07) is -8.39. The van der Waals surface area contributed by atoms with Crippen LogP contribution in [-0.2, 0) is 43.2 Å². The molecular formula is C31H57N13O11. The lowest BCUT2D eigenvalue weighted by Gasteiger charge is -2.28. The average Bonchev–Trinajstić information content (AvgIpc) is 3.10. The van der Waals surface area contributed by atoms with Crippen molar-refractivity contribution in [2.24, 2.45) is 45.3 Å². The van der Waals surface area contributed by atoms with E-state index in [0.29, 0.717) is 19.3 Å². The van der Waals surface area contributed by atoms with Crippen molar-refractivity contribution in [1.29, 1.82) is 0 Å². The predicted octanol–water partition coefficient (Wildman–Crippen LogP) is -7.09. The number of aliphatic carboxylic acids is 1. The van der Waals surface area contributed by atoms with Gasteiger partial charge in [0.05, 0.1) is 25.6 Å². The van der Waals surface area contributed by atoms with Crippen molar-refractivity contribution in [3.05, 3.63) is 0 Å². The molecule has 55 heavy (non-hydrogen) atoms. The summed E-state index contributed by atoms with van der Waals surface area (Å²) in [5.74, 6) is -9.59. The number of hydrogen-bond donors (Lipinski definition) is 14. The van der Waals surface area contributed by atoms with E-state index in [4.69, 9.17) is 34.4 Å². The zero-order chi connectivity index (χ0) is 42.2. The fourth-order valence-corrected chi connectivity index (χ4v) is 4.70. The first-order valence-electron chi connectivity index (χ1n) is 17.4. The van der Waals surface area contributed by atoms with E-state index in [1.165, 1.54) is 0 Å². The van der Waals surface area contributed by atoms with Crippen LogP contribution in [-0.4, -0.2) is 132 Å². The Hall–Kier alpha value is -5.62. The van der Waals surface area contributed by atoms with Gasteiger partial charge in [0.15, 0.2) is 5.96 Å². The van der Waals surface area contributed by atoms with Crippen LogP contribution in [0.2, 0.25) is 0 Å². The standard InChI is InChI=1S/C31H57N13O11/c1-15(2)24(29(53)42-19(12-22(35)47)26(50)39-13-23(48)40-18(30(54)55)8-9-21(34)46)44-27(51)17(7-3-4-10-32)41-28(52)20(14-45)43-25(49)16(33)6-5-11-38-31(36)37/h15-20,24,45H,3-14,32-33H2,1-2H3,(H2,34,46)(H2,35,47)(H,39,50)(H,40,48)(H,41,52)(H,42,53)(H,43,49)(H,44,51)(H,54,55)(H4,36,37,38)/t16-,17-,18-,19-,20-,24-/m0/s1. The van der Waals surface area contributed by atoms with Crippen molar-refractivity contribution in [3.8, 4) is 0 Å². The van der Waals surface area contributed by atoms with Crippen LogP contribution in [0.1, 0.15) is 65.2 Å². The molecule has 0 unspecified atom stereocenters. The van der Waals surface area contributed by atoms with Crippen LogP contribution < -0.4 is 66.3 Å². The number of nitrogens with two attached hydrogens (primary N) is 6. The molecule has 6 atom stereocenters. The lowest BCUT2D eigenvalue weighted by molar-refractivity contribution is -0.142. The summed E-state index contributed by atoms with van der Waals surface area (Å²) < 4.78 is 0. The number of carbonyl (C=O) groups excluding carboxylic acids is 8. The third-order valence-corrected chi connectivity index (χ3v) is 7.72. The summed E-state index contributed by atoms with van der Waals surface area (Å²) in [6.07, 6.45) is -0.0796. The van der Waals surface area contributed by atoms with Gasteiger partial charge in [0.2, 0.25) is 47.3 Å². The molecule has 312 valence electrons. The topological polar surface area (TPSA) is 435 Å². The van der Waals surface area contributed by atoms with E-state index < -0.39 is 115 Å². The number of amides is 8. The minimum Gasteiger partial charge on any atom is -0.480 e. The van der Waals surface area contributed by atoms with Crippen molar-refractivity contribution in [2.75, 3.05) is 26.2 Å². The summed E-state index contributed by atoms with van der Waals surface area (Å²) in [5.41, 5.74) is 32.3. The molecule has 0 radical (unpaired) electrons. The smallest absolute Gasteiger partial charge is 0.326 e. The highest BCUT2D eigenvalue weighted by molar-refractivity contribution is 5.97. The fraction of sp³-hybridized carbons (Fsp3) is 0.677. The van der Waals surface area contributed by atoms with Crippen LogP contribution in [0, 0.1) is 5.92 Å². The molecule has 0 saturated heterocycles. The highest BCUT2D eigenvalue weighted by atomic mass is 16.4. The maximum atomic E-state index is 13.5. The van der Waals surface area contributed by atoms with E-state index in [0.717, 1.165) is 0 Å². The second-order valence-electron chi connectivity index (χ2n) is 12.8. The third-order valence-electron chi connectivity index (χ3n) is 7.72. The first-order valence-corrected chi connectivity index (χ1v) is 17.4. The summed E-state index contributed by atoms with van der Waals surface area (Å²) in [7, 11) is 0. The molecule has 0 bridgehead atoms. The van der Waals surface area contributed by atoms with Crippen LogP contribution in [0.4, 0.5) is 0 Å². The number of unbranched alkanes of at least 4 members (excludes halogenated alkanes) is 1. The summed E-state index contributed by atoms with van der Waals surface area (Å²) in [6.45, 7) is 1.92. The van der Waals surface area contributed by atoms with Crippen molar-refractivity contribution in [2.45, 2.75) is 101 Å². The molecule has 24 heteroatoms. The van der Waals surface area contributed by atoms with E-state index in [2.05, 4.69) is 36.9 Å². The molecular weight excluding hydrogens is 730 g/mol. The summed E-state index contributed by atoms with van der Waals surface area (Å²) >= 11 is 0. The Morgan fingerprint density at radius 2 is 1.25 bits per heavy atom. The zero-order valence-corrected chi connectivity index (χ0v) is 31.0. The van der Waals surface area contributed by atoms with Crippen LogP contribution in [0.25, 0.3) is 0 Å². The normalized spacial score (nSPS) is 14.1. The molecule has 0 aliphatic carbocycles. The molecule has 24 nitrogen and oxygen atoms in total. The van der Waals surface area contributed by atoms with Gasteiger partial charge in [0, 0.05) is 13.0 Å². The molecule has 0 aromatic rings. The van der Waals surface area contributed by atoms with Crippen LogP contribution in [0.3, 0.4) is 0 Å². The number of aliphatic hydroxyl groups excluding tert-OH is 1. The van der Waals surface area contributed by atoms with Gasteiger partial charge >= 0.3 is 5.97 Å². The van der Waals surface area contributed by atoms with Crippen molar-refractivity contribution >= 4 is 59.2 Å². The average molecular weight is 788 g/mol. The largest absolute Gasteiger partial charge is 0.480 e. The molecule has 8 amide bonds. The van der Waals surface area contributed by atoms with Gasteiger partial charge in [0.25, 0.3) is 0 Å². The van der Waals surface area contributed by atoms with Crippen LogP contribution in [0.15, 0.2) is 4.99 Å². The fourth-order valence-electron chi connectivity index (χ4n) is 4.70. The van der Waals surface area contributed by atoms with Gasteiger partial charge in [-0.3, -0.25) is 43.3 Å². The number of primary amides is 2. The number of carboxylic acid groups (broad SMARTS) is 1. The maximum absolute atomic E-state index is 13.5. The van der Waals surface area contributed by atoms with Gasteiger partial charge in [0.1, 0.15) is 30.2 Å². The number of carboxylic acids is 1. The third kappa shape index (κ3) is 21.0. The SMILES string of the molecule is CC(C)[C@H](NC(=O)[C@H](CCCCN)NC(=O)[C@H](CO)NC(=O)[C@@H](N)CCCN=C(N)N)C(=O)N[C@@H](CC(N)=O)C(=O)NCC(=O)N[C@@H](CCC(N)=O)C(=O)O.